The van der Waals surface area contributed by atoms with E-state index in [1.807, 2.05) is 54.8 Å². The molecule has 1 aromatic carbocycles. The molecule has 0 saturated carbocycles. The van der Waals surface area contributed by atoms with Crippen molar-refractivity contribution in [2.24, 2.45) is 0 Å². The number of pyridine rings is 2. The topological polar surface area (TPSA) is 59.3 Å². The van der Waals surface area contributed by atoms with E-state index in [1.54, 1.807) is 18.3 Å². The molecule has 5 nitrogen and oxygen atoms in total. The molecule has 1 amide bonds. The first-order valence-corrected chi connectivity index (χ1v) is 8.98. The van der Waals surface area contributed by atoms with Crippen LogP contribution in [0.25, 0.3) is 16.9 Å². The number of imidazole rings is 1. The fraction of sp³-hybridized carbons (Fsp3) is 0.136. The lowest BCUT2D eigenvalue weighted by atomic mass is 10.1. The van der Waals surface area contributed by atoms with Gasteiger partial charge in [-0.2, -0.15) is 0 Å². The van der Waals surface area contributed by atoms with Crippen LogP contribution < -0.4 is 5.32 Å². The lowest BCUT2D eigenvalue weighted by Gasteiger charge is -2.15. The van der Waals surface area contributed by atoms with E-state index in [0.717, 1.165) is 17.5 Å². The number of carbonyl (C=O) groups excluding carboxylic acids is 1. The number of benzene rings is 1. The Balaban J connectivity index is 1.67. The Morgan fingerprint density at radius 2 is 1.89 bits per heavy atom. The average molecular weight is 374 g/mol. The summed E-state index contributed by atoms with van der Waals surface area (Å²) in [7, 11) is 0. The van der Waals surface area contributed by atoms with Crippen molar-refractivity contribution in [3.8, 4) is 11.3 Å². The Morgan fingerprint density at radius 1 is 1.11 bits per heavy atom. The number of halogens is 1. The van der Waals surface area contributed by atoms with Crippen molar-refractivity contribution in [2.75, 3.05) is 0 Å². The van der Waals surface area contributed by atoms with Crippen LogP contribution in [0.2, 0.25) is 0 Å². The van der Waals surface area contributed by atoms with E-state index in [-0.39, 0.29) is 11.9 Å². The first-order chi connectivity index (χ1) is 13.5. The summed E-state index contributed by atoms with van der Waals surface area (Å²) < 4.78 is 15.0. The van der Waals surface area contributed by atoms with Gasteiger partial charge >= 0.3 is 0 Å². The highest BCUT2D eigenvalue weighted by Crippen LogP contribution is 2.23. The molecule has 1 N–H and O–H groups in total. The molecule has 0 aliphatic heterocycles. The fourth-order valence-corrected chi connectivity index (χ4v) is 3.10. The summed E-state index contributed by atoms with van der Waals surface area (Å²) in [5.74, 6) is -0.646. The third-order valence-electron chi connectivity index (χ3n) is 4.66. The van der Waals surface area contributed by atoms with Crippen LogP contribution in [-0.2, 0) is 0 Å². The molecule has 0 aliphatic carbocycles. The van der Waals surface area contributed by atoms with E-state index in [1.165, 1.54) is 11.6 Å². The largest absolute Gasteiger partial charge is 0.344 e. The zero-order valence-corrected chi connectivity index (χ0v) is 15.6. The number of nitrogens with one attached hydrogen (secondary N) is 1. The van der Waals surface area contributed by atoms with Crippen molar-refractivity contribution < 1.29 is 9.18 Å². The van der Waals surface area contributed by atoms with Crippen LogP contribution >= 0.6 is 0 Å². The van der Waals surface area contributed by atoms with E-state index in [4.69, 9.17) is 0 Å². The van der Waals surface area contributed by atoms with Crippen LogP contribution in [0, 0.1) is 12.7 Å². The third-order valence-corrected chi connectivity index (χ3v) is 4.66. The molecule has 4 aromatic rings. The maximum atomic E-state index is 13.1. The molecule has 140 valence electrons. The molecule has 0 radical (unpaired) electrons. The Hall–Kier alpha value is -3.54. The highest BCUT2D eigenvalue weighted by Gasteiger charge is 2.16. The first kappa shape index (κ1) is 17.9. The molecule has 0 unspecified atom stereocenters. The molecule has 0 aliphatic rings. The molecular weight excluding hydrogens is 355 g/mol. The zero-order valence-electron chi connectivity index (χ0n) is 15.6. The number of hydrogen-bond acceptors (Lipinski definition) is 3. The fourth-order valence-electron chi connectivity index (χ4n) is 3.10. The number of hydrogen-bond donors (Lipinski definition) is 1. The number of aromatic nitrogens is 3. The third kappa shape index (κ3) is 3.49. The van der Waals surface area contributed by atoms with Crippen LogP contribution in [-0.4, -0.2) is 20.3 Å². The van der Waals surface area contributed by atoms with Crippen molar-refractivity contribution >= 4 is 11.6 Å². The van der Waals surface area contributed by atoms with Crippen LogP contribution in [0.1, 0.15) is 34.6 Å². The minimum atomic E-state index is -0.408. The number of aryl methyl sites for hydroxylation is 1. The standard InChI is InChI=1S/C22H19FN4O/c1-14-3-5-16(6-4-14)20-11-17(12-21-24-9-10-27(20)21)22(28)26-15(2)19-8-7-18(23)13-25-19/h3-13,15H,1-2H3,(H,26,28)/t15-/m1/s1. The number of carbonyl (C=O) groups is 1. The van der Waals surface area contributed by atoms with Crippen molar-refractivity contribution in [3.05, 3.63) is 89.8 Å². The van der Waals surface area contributed by atoms with Crippen LogP contribution in [0.3, 0.4) is 0 Å². The van der Waals surface area contributed by atoms with E-state index >= 15 is 0 Å². The number of amides is 1. The lowest BCUT2D eigenvalue weighted by Crippen LogP contribution is -2.27. The van der Waals surface area contributed by atoms with Gasteiger partial charge in [-0.05, 0) is 43.7 Å². The molecule has 0 spiro atoms. The molecule has 0 bridgehead atoms. The van der Waals surface area contributed by atoms with Gasteiger partial charge in [-0.3, -0.25) is 14.2 Å². The predicted octanol–water partition coefficient (Wildman–Crippen LogP) is 4.33. The molecule has 6 heteroatoms. The summed E-state index contributed by atoms with van der Waals surface area (Å²) in [6.45, 7) is 3.85. The van der Waals surface area contributed by atoms with E-state index in [9.17, 15) is 9.18 Å². The Morgan fingerprint density at radius 3 is 2.61 bits per heavy atom. The normalized spacial score (nSPS) is 12.1. The quantitative estimate of drug-likeness (QED) is 0.578. The van der Waals surface area contributed by atoms with Crippen LogP contribution in [0.15, 0.2) is 67.1 Å². The van der Waals surface area contributed by atoms with Gasteiger partial charge in [0.2, 0.25) is 0 Å². The number of nitrogens with zero attached hydrogens (tertiary/aromatic N) is 3. The van der Waals surface area contributed by atoms with Gasteiger partial charge in [-0.25, -0.2) is 9.37 Å². The molecular formula is C22H19FN4O. The molecule has 0 fully saturated rings. The molecule has 3 aromatic heterocycles. The lowest BCUT2D eigenvalue weighted by molar-refractivity contribution is 0.0939. The minimum absolute atomic E-state index is 0.238. The van der Waals surface area contributed by atoms with E-state index in [0.29, 0.717) is 16.9 Å². The van der Waals surface area contributed by atoms with Gasteiger partial charge in [0.25, 0.3) is 5.91 Å². The van der Waals surface area contributed by atoms with Crippen molar-refractivity contribution in [1.82, 2.24) is 19.7 Å². The second-order valence-electron chi connectivity index (χ2n) is 6.75. The summed E-state index contributed by atoms with van der Waals surface area (Å²) in [6, 6.07) is 14.3. The second kappa shape index (κ2) is 7.23. The van der Waals surface area contributed by atoms with Crippen LogP contribution in [0.5, 0.6) is 0 Å². The summed E-state index contributed by atoms with van der Waals surface area (Å²) >= 11 is 0. The number of rotatable bonds is 4. The Labute approximate surface area is 161 Å². The van der Waals surface area contributed by atoms with Gasteiger partial charge < -0.3 is 5.32 Å². The average Bonchev–Trinajstić information content (AvgIpc) is 3.17. The molecule has 0 saturated heterocycles. The summed E-state index contributed by atoms with van der Waals surface area (Å²) in [6.07, 6.45) is 4.72. The van der Waals surface area contributed by atoms with Gasteiger partial charge in [-0.15, -0.1) is 0 Å². The van der Waals surface area contributed by atoms with Crippen molar-refractivity contribution in [1.29, 1.82) is 0 Å². The highest BCUT2D eigenvalue weighted by molar-refractivity contribution is 5.96. The maximum absolute atomic E-state index is 13.1. The van der Waals surface area contributed by atoms with Crippen molar-refractivity contribution in [2.45, 2.75) is 19.9 Å². The first-order valence-electron chi connectivity index (χ1n) is 8.98. The molecule has 4 rings (SSSR count). The van der Waals surface area contributed by atoms with Gasteiger partial charge in [0.1, 0.15) is 11.5 Å². The van der Waals surface area contributed by atoms with Crippen LogP contribution in [0.4, 0.5) is 4.39 Å². The van der Waals surface area contributed by atoms with Gasteiger partial charge in [0.15, 0.2) is 0 Å². The van der Waals surface area contributed by atoms with Gasteiger partial charge in [-0.1, -0.05) is 29.8 Å². The molecule has 1 atom stereocenters. The SMILES string of the molecule is Cc1ccc(-c2cc(C(=O)N[C@H](C)c3ccc(F)cn3)cc3nccn23)cc1. The van der Waals surface area contributed by atoms with Crippen molar-refractivity contribution in [3.63, 3.8) is 0 Å². The summed E-state index contributed by atoms with van der Waals surface area (Å²) in [5, 5.41) is 2.92. The second-order valence-corrected chi connectivity index (χ2v) is 6.75. The smallest absolute Gasteiger partial charge is 0.252 e. The Bertz CT molecular complexity index is 1130. The maximum Gasteiger partial charge on any atom is 0.252 e. The van der Waals surface area contributed by atoms with Gasteiger partial charge in [0, 0.05) is 18.0 Å². The minimum Gasteiger partial charge on any atom is -0.344 e. The number of fused-ring (bicyclic) bond motifs is 1. The summed E-state index contributed by atoms with van der Waals surface area (Å²) in [5.41, 5.74) is 4.83. The predicted molar refractivity (Wildman–Crippen MR) is 105 cm³/mol. The Kier molecular flexibility index (Phi) is 4.61. The van der Waals surface area contributed by atoms with E-state index < -0.39 is 5.82 Å². The zero-order chi connectivity index (χ0) is 19.7. The van der Waals surface area contributed by atoms with E-state index in [2.05, 4.69) is 15.3 Å². The monoisotopic (exact) mass is 374 g/mol. The molecule has 3 heterocycles. The molecule has 28 heavy (non-hydrogen) atoms. The summed E-state index contributed by atoms with van der Waals surface area (Å²) in [4.78, 5) is 21.2. The highest BCUT2D eigenvalue weighted by atomic mass is 19.1. The van der Waals surface area contributed by atoms with Gasteiger partial charge in [0.05, 0.1) is 23.6 Å².